The Morgan fingerprint density at radius 2 is 0.756 bits per heavy atom. The maximum Gasteiger partial charge on any atom is 0.305 e. The van der Waals surface area contributed by atoms with E-state index in [9.17, 15) is 4.79 Å². The van der Waals surface area contributed by atoms with Crippen LogP contribution in [0.4, 0.5) is 0 Å². The molecule has 0 saturated carbocycles. The van der Waals surface area contributed by atoms with Gasteiger partial charge in [0.05, 0.1) is 6.61 Å². The van der Waals surface area contributed by atoms with Crippen LogP contribution in [-0.2, 0) is 9.53 Å². The van der Waals surface area contributed by atoms with Gasteiger partial charge in [0.15, 0.2) is 0 Å². The smallest absolute Gasteiger partial charge is 0.305 e. The third kappa shape index (κ3) is 163. The van der Waals surface area contributed by atoms with Gasteiger partial charge >= 0.3 is 5.97 Å². The number of esters is 1. The van der Waals surface area contributed by atoms with Gasteiger partial charge in [-0.25, -0.2) is 0 Å². The molecular formula is C38H91NO2. The Balaban J connectivity index is -0.0000000738. The van der Waals surface area contributed by atoms with Crippen LogP contribution in [0.3, 0.4) is 0 Å². The molecule has 0 unspecified atom stereocenters. The summed E-state index contributed by atoms with van der Waals surface area (Å²) in [5.74, 6) is -0.00351. The number of unbranched alkanes of at least 4 members (excludes halogenated alkanes) is 10. The van der Waals surface area contributed by atoms with Crippen LogP contribution < -0.4 is 5.32 Å². The minimum Gasteiger partial charge on any atom is -0.466 e. The highest BCUT2D eigenvalue weighted by molar-refractivity contribution is 5.69. The van der Waals surface area contributed by atoms with Crippen molar-refractivity contribution < 1.29 is 9.53 Å². The summed E-state index contributed by atoms with van der Waals surface area (Å²) in [4.78, 5) is 11.5. The molecule has 0 heterocycles. The Labute approximate surface area is 266 Å². The largest absolute Gasteiger partial charge is 0.466 e. The van der Waals surface area contributed by atoms with Crippen molar-refractivity contribution >= 4 is 5.97 Å². The molecule has 0 spiro atoms. The van der Waals surface area contributed by atoms with Gasteiger partial charge in [-0.3, -0.25) is 4.79 Å². The Morgan fingerprint density at radius 3 is 1.10 bits per heavy atom. The van der Waals surface area contributed by atoms with E-state index in [1.165, 1.54) is 96.3 Å². The minimum atomic E-state index is -0.00351. The normalized spacial score (nSPS) is 8.29. The molecule has 0 aromatic carbocycles. The summed E-state index contributed by atoms with van der Waals surface area (Å²) in [6, 6.07) is 0. The number of carbonyl (C=O) groups is 1. The zero-order valence-electron chi connectivity index (χ0n) is 32.7. The van der Waals surface area contributed by atoms with E-state index in [4.69, 9.17) is 4.74 Å². The lowest BCUT2D eigenvalue weighted by atomic mass is 10.1. The van der Waals surface area contributed by atoms with Crippen molar-refractivity contribution in [2.24, 2.45) is 0 Å². The van der Waals surface area contributed by atoms with Crippen LogP contribution in [0.25, 0.3) is 0 Å². The van der Waals surface area contributed by atoms with E-state index >= 15 is 0 Å². The number of hydrogen-bond acceptors (Lipinski definition) is 3. The van der Waals surface area contributed by atoms with Crippen molar-refractivity contribution in [1.82, 2.24) is 5.32 Å². The molecule has 0 atom stereocenters. The van der Waals surface area contributed by atoms with Crippen molar-refractivity contribution in [1.29, 1.82) is 0 Å². The average molecular weight is 594 g/mol. The maximum atomic E-state index is 11.5. The van der Waals surface area contributed by atoms with Crippen molar-refractivity contribution in [3.8, 4) is 0 Å². The van der Waals surface area contributed by atoms with Crippen molar-refractivity contribution in [3.63, 3.8) is 0 Å². The maximum absolute atomic E-state index is 11.5. The zero-order chi connectivity index (χ0) is 33.8. The standard InChI is InChI=1S/C18H37NO2.6C3H8.C2H6/c1-3-4-5-6-7-11-14-17-21-18(20)15-12-9-8-10-13-16-19-2;6*1-3-2;1-2/h19H,3-17H2,1-2H3;6*3H2,1-2H3;1-2H3. The molecule has 1 N–H and O–H groups in total. The number of carbonyl (C=O) groups excluding carboxylic acids is 1. The third-order valence-electron chi connectivity index (χ3n) is 3.82. The molecule has 0 amide bonds. The average Bonchev–Trinajstić information content (AvgIpc) is 2.93. The highest BCUT2D eigenvalue weighted by Gasteiger charge is 2.02. The van der Waals surface area contributed by atoms with Crippen LogP contribution in [-0.4, -0.2) is 26.2 Å². The molecule has 0 aliphatic carbocycles. The predicted molar refractivity (Wildman–Crippen MR) is 198 cm³/mol. The molecule has 0 fully saturated rings. The Bertz CT molecular complexity index is 280. The van der Waals surface area contributed by atoms with E-state index in [0.29, 0.717) is 13.0 Å². The minimum absolute atomic E-state index is 0.00351. The first kappa shape index (κ1) is 59.8. The molecular weight excluding hydrogens is 502 g/mol. The number of ether oxygens (including phenoxy) is 1. The van der Waals surface area contributed by atoms with E-state index in [1.54, 1.807) is 0 Å². The Kier molecular flexibility index (Phi) is 131. The van der Waals surface area contributed by atoms with Gasteiger partial charge in [0.2, 0.25) is 0 Å². The first-order chi connectivity index (χ1) is 19.8. The monoisotopic (exact) mass is 594 g/mol. The lowest BCUT2D eigenvalue weighted by Crippen LogP contribution is -2.07. The van der Waals surface area contributed by atoms with E-state index < -0.39 is 0 Å². The summed E-state index contributed by atoms with van der Waals surface area (Å²) in [6.45, 7) is 33.5. The highest BCUT2D eigenvalue weighted by Crippen LogP contribution is 2.08. The van der Waals surface area contributed by atoms with Crippen LogP contribution >= 0.6 is 0 Å². The fourth-order valence-corrected chi connectivity index (χ4v) is 2.42. The van der Waals surface area contributed by atoms with Crippen molar-refractivity contribution in [3.05, 3.63) is 0 Å². The van der Waals surface area contributed by atoms with Crippen molar-refractivity contribution in [2.45, 2.75) is 226 Å². The summed E-state index contributed by atoms with van der Waals surface area (Å²) in [5.41, 5.74) is 0. The summed E-state index contributed by atoms with van der Waals surface area (Å²) < 4.78 is 5.27. The number of hydrogen-bond donors (Lipinski definition) is 1. The van der Waals surface area contributed by atoms with E-state index in [0.717, 1.165) is 25.8 Å². The fraction of sp³-hybridized carbons (Fsp3) is 0.974. The zero-order valence-corrected chi connectivity index (χ0v) is 32.7. The molecule has 41 heavy (non-hydrogen) atoms. The van der Waals surface area contributed by atoms with Crippen LogP contribution in [0.1, 0.15) is 226 Å². The summed E-state index contributed by atoms with van der Waals surface area (Å²) in [5, 5.41) is 3.15. The van der Waals surface area contributed by atoms with Gasteiger partial charge in [0, 0.05) is 6.42 Å². The topological polar surface area (TPSA) is 38.3 Å². The third-order valence-corrected chi connectivity index (χ3v) is 3.82. The quantitative estimate of drug-likeness (QED) is 0.143. The first-order valence-electron chi connectivity index (χ1n) is 18.6. The summed E-state index contributed by atoms with van der Waals surface area (Å²) in [6.07, 6.45) is 22.8. The molecule has 0 radical (unpaired) electrons. The van der Waals surface area contributed by atoms with Gasteiger partial charge in [-0.05, 0) is 32.9 Å². The van der Waals surface area contributed by atoms with Crippen LogP contribution in [0.2, 0.25) is 0 Å². The van der Waals surface area contributed by atoms with E-state index in [2.05, 4.69) is 95.3 Å². The SMILES string of the molecule is CC.CCC.CCC.CCC.CCC.CCC.CCC.CCCCCCCCCOC(=O)CCCCCCCNC. The van der Waals surface area contributed by atoms with Crippen LogP contribution in [0, 0.1) is 0 Å². The molecule has 0 bridgehead atoms. The number of rotatable bonds is 16. The summed E-state index contributed by atoms with van der Waals surface area (Å²) in [7, 11) is 1.99. The molecule has 0 aromatic rings. The highest BCUT2D eigenvalue weighted by atomic mass is 16.5. The molecule has 0 aliphatic rings. The molecule has 260 valence electrons. The number of nitrogens with one attached hydrogen (secondary N) is 1. The molecule has 0 aliphatic heterocycles. The Morgan fingerprint density at radius 1 is 0.463 bits per heavy atom. The van der Waals surface area contributed by atoms with Gasteiger partial charge in [-0.1, -0.05) is 200 Å². The van der Waals surface area contributed by atoms with Gasteiger partial charge in [0.25, 0.3) is 0 Å². The molecule has 0 saturated heterocycles. The first-order valence-corrected chi connectivity index (χ1v) is 18.6. The molecule has 3 heteroatoms. The van der Waals surface area contributed by atoms with Gasteiger partial charge in [-0.2, -0.15) is 0 Å². The fourth-order valence-electron chi connectivity index (χ4n) is 2.42. The second-order valence-electron chi connectivity index (χ2n) is 10.2. The Hall–Kier alpha value is -0.570. The predicted octanol–water partition coefficient (Wildman–Crippen LogP) is 14.4. The molecule has 3 nitrogen and oxygen atoms in total. The molecule has 0 rings (SSSR count). The van der Waals surface area contributed by atoms with Gasteiger partial charge < -0.3 is 10.1 Å². The lowest BCUT2D eigenvalue weighted by molar-refractivity contribution is -0.143. The van der Waals surface area contributed by atoms with Crippen LogP contribution in [0.5, 0.6) is 0 Å². The van der Waals surface area contributed by atoms with Crippen molar-refractivity contribution in [2.75, 3.05) is 20.2 Å². The second kappa shape index (κ2) is 90.0. The lowest BCUT2D eigenvalue weighted by Gasteiger charge is -2.05. The van der Waals surface area contributed by atoms with Crippen LogP contribution in [0.15, 0.2) is 0 Å². The van der Waals surface area contributed by atoms with E-state index in [1.807, 2.05) is 20.9 Å². The second-order valence-corrected chi connectivity index (χ2v) is 10.2. The molecule has 0 aromatic heterocycles. The van der Waals surface area contributed by atoms with Gasteiger partial charge in [-0.15, -0.1) is 0 Å². The van der Waals surface area contributed by atoms with Gasteiger partial charge in [0.1, 0.15) is 0 Å². The van der Waals surface area contributed by atoms with E-state index in [-0.39, 0.29) is 5.97 Å². The summed E-state index contributed by atoms with van der Waals surface area (Å²) >= 11 is 0.